The summed E-state index contributed by atoms with van der Waals surface area (Å²) in [6.45, 7) is 4.99. The number of hydrogen-bond acceptors (Lipinski definition) is 6. The van der Waals surface area contributed by atoms with E-state index in [4.69, 9.17) is 9.47 Å². The van der Waals surface area contributed by atoms with Gasteiger partial charge in [-0.05, 0) is 31.5 Å². The standard InChI is InChI=1S/C27H28F2N4O4/c1-4-5-10-37-23-12-17(6-7-18(23)27(34)35)21-14-24(32-15-31-21)30-8-9-33-16(2)11-19-22(36-3)13-20(28)25(29)26(19)33/h6-7,11-15H,4-5,8-10H2,1-3H3,(H,34,35)(H,30,31,32). The van der Waals surface area contributed by atoms with Crippen LogP contribution < -0.4 is 14.8 Å². The molecule has 0 aliphatic rings. The summed E-state index contributed by atoms with van der Waals surface area (Å²) < 4.78 is 41.4. The number of benzene rings is 2. The number of fused-ring (bicyclic) bond motifs is 1. The van der Waals surface area contributed by atoms with E-state index in [1.807, 2.05) is 13.8 Å². The van der Waals surface area contributed by atoms with Gasteiger partial charge < -0.3 is 24.5 Å². The van der Waals surface area contributed by atoms with Crippen molar-refractivity contribution in [2.24, 2.45) is 0 Å². The largest absolute Gasteiger partial charge is 0.496 e. The Labute approximate surface area is 212 Å². The number of rotatable bonds is 11. The lowest BCUT2D eigenvalue weighted by Gasteiger charge is -2.13. The van der Waals surface area contributed by atoms with Crippen molar-refractivity contribution in [2.75, 3.05) is 25.6 Å². The Kier molecular flexibility index (Phi) is 7.86. The van der Waals surface area contributed by atoms with Gasteiger partial charge in [0.25, 0.3) is 0 Å². The number of carboxylic acid groups (broad SMARTS) is 1. The van der Waals surface area contributed by atoms with Crippen LogP contribution in [-0.2, 0) is 6.54 Å². The molecule has 4 rings (SSSR count). The molecule has 2 N–H and O–H groups in total. The summed E-state index contributed by atoms with van der Waals surface area (Å²) in [6, 6.07) is 9.37. The van der Waals surface area contributed by atoms with Crippen LogP contribution in [0, 0.1) is 18.6 Å². The minimum absolute atomic E-state index is 0.0851. The molecule has 10 heteroatoms. The van der Waals surface area contributed by atoms with Crippen molar-refractivity contribution >= 4 is 22.7 Å². The van der Waals surface area contributed by atoms with Gasteiger partial charge in [0.2, 0.25) is 0 Å². The van der Waals surface area contributed by atoms with Crippen LogP contribution >= 0.6 is 0 Å². The molecule has 0 saturated heterocycles. The predicted octanol–water partition coefficient (Wildman–Crippen LogP) is 5.68. The number of nitrogens with zero attached hydrogens (tertiary/aromatic N) is 3. The Morgan fingerprint density at radius 2 is 1.95 bits per heavy atom. The molecular weight excluding hydrogens is 482 g/mol. The zero-order valence-electron chi connectivity index (χ0n) is 20.8. The summed E-state index contributed by atoms with van der Waals surface area (Å²) >= 11 is 0. The Balaban J connectivity index is 1.53. The average Bonchev–Trinajstić information content (AvgIpc) is 3.22. The minimum atomic E-state index is -1.06. The second kappa shape index (κ2) is 11.2. The second-order valence-corrected chi connectivity index (χ2v) is 8.51. The van der Waals surface area contributed by atoms with Gasteiger partial charge in [0.05, 0.1) is 24.9 Å². The molecule has 0 amide bonds. The number of aromatic nitrogens is 3. The number of nitrogens with one attached hydrogen (secondary N) is 1. The summed E-state index contributed by atoms with van der Waals surface area (Å²) in [5.41, 5.74) is 2.25. The van der Waals surface area contributed by atoms with Crippen molar-refractivity contribution in [3.05, 3.63) is 65.6 Å². The molecule has 2 aromatic carbocycles. The third-order valence-corrected chi connectivity index (χ3v) is 6.04. The van der Waals surface area contributed by atoms with Crippen LogP contribution in [0.3, 0.4) is 0 Å². The zero-order valence-corrected chi connectivity index (χ0v) is 20.8. The van der Waals surface area contributed by atoms with Gasteiger partial charge in [-0.3, -0.25) is 0 Å². The molecule has 37 heavy (non-hydrogen) atoms. The van der Waals surface area contributed by atoms with Crippen molar-refractivity contribution < 1.29 is 28.2 Å². The topological polar surface area (TPSA) is 98.5 Å². The van der Waals surface area contributed by atoms with Crippen LogP contribution in [0.2, 0.25) is 0 Å². The maximum atomic E-state index is 14.6. The zero-order chi connectivity index (χ0) is 26.5. The lowest BCUT2D eigenvalue weighted by molar-refractivity contribution is 0.0692. The molecule has 0 atom stereocenters. The molecular formula is C27H28F2N4O4. The summed E-state index contributed by atoms with van der Waals surface area (Å²) in [5, 5.41) is 13.2. The number of aromatic carboxylic acids is 1. The van der Waals surface area contributed by atoms with Gasteiger partial charge in [-0.15, -0.1) is 0 Å². The first kappa shape index (κ1) is 25.9. The van der Waals surface area contributed by atoms with Crippen molar-refractivity contribution in [1.29, 1.82) is 0 Å². The number of aryl methyl sites for hydroxylation is 1. The van der Waals surface area contributed by atoms with E-state index in [1.54, 1.807) is 28.8 Å². The average molecular weight is 511 g/mol. The van der Waals surface area contributed by atoms with Crippen LogP contribution in [0.15, 0.2) is 42.7 Å². The fraction of sp³-hybridized carbons (Fsp3) is 0.296. The maximum absolute atomic E-state index is 14.6. The molecule has 0 unspecified atom stereocenters. The lowest BCUT2D eigenvalue weighted by Crippen LogP contribution is -2.13. The molecule has 2 heterocycles. The van der Waals surface area contributed by atoms with Gasteiger partial charge in [-0.2, -0.15) is 0 Å². The van der Waals surface area contributed by atoms with Crippen LogP contribution in [0.5, 0.6) is 11.5 Å². The van der Waals surface area contributed by atoms with Crippen LogP contribution in [0.1, 0.15) is 35.8 Å². The first-order valence-electron chi connectivity index (χ1n) is 11.9. The third kappa shape index (κ3) is 5.47. The van der Waals surface area contributed by atoms with Gasteiger partial charge in [0.15, 0.2) is 11.6 Å². The molecule has 0 aliphatic heterocycles. The highest BCUT2D eigenvalue weighted by Crippen LogP contribution is 2.33. The highest BCUT2D eigenvalue weighted by molar-refractivity contribution is 5.92. The van der Waals surface area contributed by atoms with E-state index in [0.717, 1.165) is 24.6 Å². The van der Waals surface area contributed by atoms with E-state index in [-0.39, 0.29) is 22.6 Å². The SMILES string of the molecule is CCCCOc1cc(-c2cc(NCCn3c(C)cc4c(OC)cc(F)c(F)c43)ncn2)ccc1C(=O)O. The summed E-state index contributed by atoms with van der Waals surface area (Å²) in [5.74, 6) is -1.87. The summed E-state index contributed by atoms with van der Waals surface area (Å²) in [6.07, 6.45) is 3.14. The Morgan fingerprint density at radius 1 is 1.14 bits per heavy atom. The smallest absolute Gasteiger partial charge is 0.339 e. The highest BCUT2D eigenvalue weighted by atomic mass is 19.2. The number of carboxylic acids is 1. The van der Waals surface area contributed by atoms with E-state index in [0.29, 0.717) is 42.2 Å². The van der Waals surface area contributed by atoms with Crippen LogP contribution in [-0.4, -0.2) is 45.9 Å². The first-order valence-corrected chi connectivity index (χ1v) is 11.9. The molecule has 8 nitrogen and oxygen atoms in total. The van der Waals surface area contributed by atoms with Gasteiger partial charge in [-0.1, -0.05) is 19.4 Å². The monoisotopic (exact) mass is 510 g/mol. The summed E-state index contributed by atoms with van der Waals surface area (Å²) in [4.78, 5) is 20.1. The highest BCUT2D eigenvalue weighted by Gasteiger charge is 2.19. The second-order valence-electron chi connectivity index (χ2n) is 8.51. The minimum Gasteiger partial charge on any atom is -0.496 e. The Bertz CT molecular complexity index is 1440. The van der Waals surface area contributed by atoms with Crippen molar-refractivity contribution in [2.45, 2.75) is 33.2 Å². The van der Waals surface area contributed by atoms with Gasteiger partial charge >= 0.3 is 5.97 Å². The predicted molar refractivity (Wildman–Crippen MR) is 136 cm³/mol. The normalized spacial score (nSPS) is 11.1. The molecule has 4 aromatic rings. The van der Waals surface area contributed by atoms with Crippen molar-refractivity contribution in [1.82, 2.24) is 14.5 Å². The van der Waals surface area contributed by atoms with Gasteiger partial charge in [-0.25, -0.2) is 23.5 Å². The van der Waals surface area contributed by atoms with E-state index in [2.05, 4.69) is 15.3 Å². The molecule has 0 fully saturated rings. The number of anilines is 1. The molecule has 194 valence electrons. The van der Waals surface area contributed by atoms with Crippen LogP contribution in [0.25, 0.3) is 22.2 Å². The molecule has 0 saturated carbocycles. The van der Waals surface area contributed by atoms with Gasteiger partial charge in [0, 0.05) is 41.9 Å². The number of ether oxygens (including phenoxy) is 2. The molecule has 0 aliphatic carbocycles. The number of carbonyl (C=O) groups is 1. The summed E-state index contributed by atoms with van der Waals surface area (Å²) in [7, 11) is 1.42. The maximum Gasteiger partial charge on any atom is 0.339 e. The van der Waals surface area contributed by atoms with E-state index < -0.39 is 17.6 Å². The van der Waals surface area contributed by atoms with Crippen molar-refractivity contribution in [3.63, 3.8) is 0 Å². The number of halogens is 2. The third-order valence-electron chi connectivity index (χ3n) is 6.04. The molecule has 2 aromatic heterocycles. The van der Waals surface area contributed by atoms with Crippen molar-refractivity contribution in [3.8, 4) is 22.8 Å². The number of methoxy groups -OCH3 is 1. The quantitative estimate of drug-likeness (QED) is 0.250. The van der Waals surface area contributed by atoms with E-state index in [9.17, 15) is 18.7 Å². The van der Waals surface area contributed by atoms with E-state index >= 15 is 0 Å². The van der Waals surface area contributed by atoms with Gasteiger partial charge in [0.1, 0.15) is 29.2 Å². The molecule has 0 spiro atoms. The Hall–Kier alpha value is -4.21. The first-order chi connectivity index (χ1) is 17.8. The fourth-order valence-electron chi connectivity index (χ4n) is 4.14. The molecule has 0 radical (unpaired) electrons. The fourth-order valence-corrected chi connectivity index (χ4v) is 4.14. The number of hydrogen-bond donors (Lipinski definition) is 2. The van der Waals surface area contributed by atoms with Crippen LogP contribution in [0.4, 0.5) is 14.6 Å². The Morgan fingerprint density at radius 3 is 2.68 bits per heavy atom. The molecule has 0 bridgehead atoms. The lowest BCUT2D eigenvalue weighted by atomic mass is 10.1. The number of unbranched alkanes of at least 4 members (excludes halogenated alkanes) is 1. The van der Waals surface area contributed by atoms with E-state index in [1.165, 1.54) is 19.5 Å².